The standard InChI is InChI=1S/C15H18N4O2/c16-19-15-3-1-2-14(18-15)17-7-6-11-4-5-12-13(10-11)21-9-8-20-12/h1-5,10H,6-9,16H2,(H2,17,18,19). The summed E-state index contributed by atoms with van der Waals surface area (Å²) in [6.07, 6.45) is 0.874. The van der Waals surface area contributed by atoms with Crippen molar-refractivity contribution in [2.75, 3.05) is 30.5 Å². The Balaban J connectivity index is 1.57. The molecule has 6 nitrogen and oxygen atoms in total. The van der Waals surface area contributed by atoms with Gasteiger partial charge in [-0.2, -0.15) is 0 Å². The van der Waals surface area contributed by atoms with Crippen molar-refractivity contribution in [3.05, 3.63) is 42.0 Å². The molecule has 4 N–H and O–H groups in total. The van der Waals surface area contributed by atoms with E-state index in [0.717, 1.165) is 30.3 Å². The second kappa shape index (κ2) is 6.32. The van der Waals surface area contributed by atoms with Crippen LogP contribution < -0.4 is 26.1 Å². The lowest BCUT2D eigenvalue weighted by Crippen LogP contribution is -2.15. The van der Waals surface area contributed by atoms with Crippen LogP contribution in [0, 0.1) is 0 Å². The summed E-state index contributed by atoms with van der Waals surface area (Å²) in [6, 6.07) is 11.7. The largest absolute Gasteiger partial charge is 0.486 e. The molecule has 0 bridgehead atoms. The Morgan fingerprint density at radius 3 is 2.71 bits per heavy atom. The van der Waals surface area contributed by atoms with Gasteiger partial charge >= 0.3 is 0 Å². The number of fused-ring (bicyclic) bond motifs is 1. The number of hydrazine groups is 1. The van der Waals surface area contributed by atoms with Crippen LogP contribution in [-0.2, 0) is 6.42 Å². The number of pyridine rings is 1. The Labute approximate surface area is 123 Å². The van der Waals surface area contributed by atoms with Gasteiger partial charge < -0.3 is 20.2 Å². The SMILES string of the molecule is NNc1cccc(NCCc2ccc3c(c2)OCCO3)n1. The lowest BCUT2D eigenvalue weighted by molar-refractivity contribution is 0.171. The highest BCUT2D eigenvalue weighted by molar-refractivity contribution is 5.46. The first kappa shape index (κ1) is 13.5. The van der Waals surface area contributed by atoms with E-state index >= 15 is 0 Å². The monoisotopic (exact) mass is 286 g/mol. The van der Waals surface area contributed by atoms with Gasteiger partial charge in [0.15, 0.2) is 11.5 Å². The highest BCUT2D eigenvalue weighted by atomic mass is 16.6. The van der Waals surface area contributed by atoms with Gasteiger partial charge in [-0.3, -0.25) is 0 Å². The van der Waals surface area contributed by atoms with Crippen molar-refractivity contribution in [1.29, 1.82) is 0 Å². The van der Waals surface area contributed by atoms with E-state index in [4.69, 9.17) is 15.3 Å². The molecule has 2 aromatic rings. The molecule has 0 atom stereocenters. The maximum absolute atomic E-state index is 5.58. The minimum absolute atomic E-state index is 0.609. The van der Waals surface area contributed by atoms with Crippen LogP contribution in [-0.4, -0.2) is 24.7 Å². The molecule has 0 fully saturated rings. The Hall–Kier alpha value is -2.47. The molecule has 1 aromatic heterocycles. The smallest absolute Gasteiger partial charge is 0.161 e. The minimum atomic E-state index is 0.609. The number of nitrogen functional groups attached to an aromatic ring is 1. The first-order valence-corrected chi connectivity index (χ1v) is 6.91. The molecule has 1 aliphatic heterocycles. The summed E-state index contributed by atoms with van der Waals surface area (Å²) in [5.74, 6) is 8.42. The van der Waals surface area contributed by atoms with Gasteiger partial charge in [0, 0.05) is 6.54 Å². The van der Waals surface area contributed by atoms with Crippen LogP contribution in [0.2, 0.25) is 0 Å². The topological polar surface area (TPSA) is 81.4 Å². The zero-order chi connectivity index (χ0) is 14.5. The normalized spacial score (nSPS) is 12.8. The number of hydrogen-bond acceptors (Lipinski definition) is 6. The van der Waals surface area contributed by atoms with Crippen molar-refractivity contribution in [2.24, 2.45) is 5.84 Å². The molecule has 0 amide bonds. The predicted molar refractivity (Wildman–Crippen MR) is 81.7 cm³/mol. The molecule has 0 saturated heterocycles. The van der Waals surface area contributed by atoms with Gasteiger partial charge in [0.25, 0.3) is 0 Å². The van der Waals surface area contributed by atoms with Crippen molar-refractivity contribution < 1.29 is 9.47 Å². The van der Waals surface area contributed by atoms with E-state index < -0.39 is 0 Å². The maximum Gasteiger partial charge on any atom is 0.161 e. The number of hydrogen-bond donors (Lipinski definition) is 3. The Kier molecular flexibility index (Phi) is 4.07. The highest BCUT2D eigenvalue weighted by Gasteiger charge is 2.11. The van der Waals surface area contributed by atoms with Crippen LogP contribution in [0.1, 0.15) is 5.56 Å². The number of ether oxygens (including phenoxy) is 2. The van der Waals surface area contributed by atoms with Crippen molar-refractivity contribution in [3.8, 4) is 11.5 Å². The third-order valence-electron chi connectivity index (χ3n) is 3.22. The predicted octanol–water partition coefficient (Wildman–Crippen LogP) is 1.79. The summed E-state index contributed by atoms with van der Waals surface area (Å²) in [5, 5.41) is 3.27. The van der Waals surface area contributed by atoms with Crippen LogP contribution in [0.4, 0.5) is 11.6 Å². The summed E-state index contributed by atoms with van der Waals surface area (Å²) >= 11 is 0. The summed E-state index contributed by atoms with van der Waals surface area (Å²) < 4.78 is 11.1. The van der Waals surface area contributed by atoms with Crippen LogP contribution in [0.15, 0.2) is 36.4 Å². The number of rotatable bonds is 5. The maximum atomic E-state index is 5.58. The molecule has 0 saturated carbocycles. The Morgan fingerprint density at radius 1 is 1.05 bits per heavy atom. The molecule has 110 valence electrons. The number of nitrogens with zero attached hydrogens (tertiary/aromatic N) is 1. The van der Waals surface area contributed by atoms with Gasteiger partial charge in [-0.15, -0.1) is 0 Å². The molecule has 0 unspecified atom stereocenters. The van der Waals surface area contributed by atoms with Gasteiger partial charge in [0.1, 0.15) is 24.8 Å². The zero-order valence-electron chi connectivity index (χ0n) is 11.6. The molecular formula is C15H18N4O2. The van der Waals surface area contributed by atoms with Gasteiger partial charge in [-0.25, -0.2) is 10.8 Å². The molecule has 21 heavy (non-hydrogen) atoms. The molecule has 6 heteroatoms. The fraction of sp³-hybridized carbons (Fsp3) is 0.267. The van der Waals surface area contributed by atoms with E-state index in [9.17, 15) is 0 Å². The average Bonchev–Trinajstić information content (AvgIpc) is 2.55. The second-order valence-corrected chi connectivity index (χ2v) is 4.71. The first-order chi connectivity index (χ1) is 10.3. The fourth-order valence-corrected chi connectivity index (χ4v) is 2.19. The molecule has 2 heterocycles. The quantitative estimate of drug-likeness (QED) is 0.574. The lowest BCUT2D eigenvalue weighted by atomic mass is 10.1. The van der Waals surface area contributed by atoms with Crippen LogP contribution in [0.5, 0.6) is 11.5 Å². The van der Waals surface area contributed by atoms with Crippen molar-refractivity contribution >= 4 is 11.6 Å². The fourth-order valence-electron chi connectivity index (χ4n) is 2.19. The van der Waals surface area contributed by atoms with E-state index in [1.54, 1.807) is 0 Å². The van der Waals surface area contributed by atoms with Gasteiger partial charge in [-0.1, -0.05) is 12.1 Å². The summed E-state index contributed by atoms with van der Waals surface area (Å²) in [6.45, 7) is 2.00. The number of benzene rings is 1. The van der Waals surface area contributed by atoms with Crippen molar-refractivity contribution in [3.63, 3.8) is 0 Å². The van der Waals surface area contributed by atoms with Gasteiger partial charge in [-0.05, 0) is 36.2 Å². The number of nitrogens with two attached hydrogens (primary N) is 1. The minimum Gasteiger partial charge on any atom is -0.486 e. The number of aromatic nitrogens is 1. The molecule has 1 aromatic carbocycles. The first-order valence-electron chi connectivity index (χ1n) is 6.91. The van der Waals surface area contributed by atoms with Crippen LogP contribution in [0.25, 0.3) is 0 Å². The second-order valence-electron chi connectivity index (χ2n) is 4.71. The lowest BCUT2D eigenvalue weighted by Gasteiger charge is -2.18. The average molecular weight is 286 g/mol. The summed E-state index contributed by atoms with van der Waals surface area (Å²) in [5.41, 5.74) is 3.72. The summed E-state index contributed by atoms with van der Waals surface area (Å²) in [7, 11) is 0. The van der Waals surface area contributed by atoms with E-state index in [1.165, 1.54) is 5.56 Å². The van der Waals surface area contributed by atoms with E-state index in [2.05, 4.69) is 21.8 Å². The van der Waals surface area contributed by atoms with E-state index in [-0.39, 0.29) is 0 Å². The van der Waals surface area contributed by atoms with Crippen molar-refractivity contribution in [2.45, 2.75) is 6.42 Å². The van der Waals surface area contributed by atoms with Gasteiger partial charge in [0.05, 0.1) is 0 Å². The molecular weight excluding hydrogens is 268 g/mol. The number of nitrogens with one attached hydrogen (secondary N) is 2. The molecule has 0 aliphatic carbocycles. The molecule has 1 aliphatic rings. The third-order valence-corrected chi connectivity index (χ3v) is 3.22. The zero-order valence-corrected chi connectivity index (χ0v) is 11.6. The Bertz CT molecular complexity index is 618. The van der Waals surface area contributed by atoms with Crippen LogP contribution in [0.3, 0.4) is 0 Å². The molecule has 3 rings (SSSR count). The van der Waals surface area contributed by atoms with Crippen LogP contribution >= 0.6 is 0 Å². The third kappa shape index (κ3) is 3.35. The summed E-state index contributed by atoms with van der Waals surface area (Å²) in [4.78, 5) is 4.30. The number of anilines is 2. The van der Waals surface area contributed by atoms with E-state index in [1.807, 2.05) is 30.3 Å². The van der Waals surface area contributed by atoms with Gasteiger partial charge in [0.2, 0.25) is 0 Å². The molecule has 0 radical (unpaired) electrons. The Morgan fingerprint density at radius 2 is 1.86 bits per heavy atom. The van der Waals surface area contributed by atoms with E-state index in [0.29, 0.717) is 19.0 Å². The van der Waals surface area contributed by atoms with Crippen molar-refractivity contribution in [1.82, 2.24) is 4.98 Å². The molecule has 0 spiro atoms. The highest BCUT2D eigenvalue weighted by Crippen LogP contribution is 2.30.